The molecule has 0 spiro atoms. The van der Waals surface area contributed by atoms with Crippen molar-refractivity contribution in [3.05, 3.63) is 71.2 Å². The Morgan fingerprint density at radius 2 is 1.77 bits per heavy atom. The van der Waals surface area contributed by atoms with E-state index in [2.05, 4.69) is 29.3 Å². The number of hydrogen-bond acceptors (Lipinski definition) is 5. The van der Waals surface area contributed by atoms with Gasteiger partial charge in [-0.1, -0.05) is 43.7 Å². The maximum Gasteiger partial charge on any atom is 0.253 e. The van der Waals surface area contributed by atoms with Gasteiger partial charge in [0.05, 0.1) is 12.3 Å². The largest absolute Gasteiger partial charge is 0.494 e. The van der Waals surface area contributed by atoms with Gasteiger partial charge in [0.25, 0.3) is 5.91 Å². The number of thiazole rings is 1. The predicted octanol–water partition coefficient (Wildman–Crippen LogP) is 4.95. The normalized spacial score (nSPS) is 14.5. The van der Waals surface area contributed by atoms with Crippen molar-refractivity contribution in [2.75, 3.05) is 32.8 Å². The number of hydrogen-bond donors (Lipinski definition) is 0. The number of amides is 1. The van der Waals surface area contributed by atoms with E-state index < -0.39 is 0 Å². The van der Waals surface area contributed by atoms with Crippen LogP contribution < -0.4 is 4.74 Å². The summed E-state index contributed by atoms with van der Waals surface area (Å²) in [5.74, 6) is 0.924. The van der Waals surface area contributed by atoms with Crippen LogP contribution in [0.3, 0.4) is 0 Å². The van der Waals surface area contributed by atoms with E-state index in [4.69, 9.17) is 9.72 Å². The summed E-state index contributed by atoms with van der Waals surface area (Å²) in [5.41, 5.74) is 2.99. The van der Waals surface area contributed by atoms with Crippen molar-refractivity contribution in [3.8, 4) is 16.3 Å². The molecule has 2 heterocycles. The van der Waals surface area contributed by atoms with Crippen molar-refractivity contribution >= 4 is 17.2 Å². The highest BCUT2D eigenvalue weighted by Gasteiger charge is 2.22. The van der Waals surface area contributed by atoms with E-state index in [0.717, 1.165) is 79.8 Å². The zero-order valence-corrected chi connectivity index (χ0v) is 18.8. The molecule has 5 nitrogen and oxygen atoms in total. The van der Waals surface area contributed by atoms with Crippen molar-refractivity contribution in [2.24, 2.45) is 0 Å². The van der Waals surface area contributed by atoms with Gasteiger partial charge in [-0.2, -0.15) is 0 Å². The fourth-order valence-electron chi connectivity index (χ4n) is 3.64. The van der Waals surface area contributed by atoms with Gasteiger partial charge in [0.1, 0.15) is 10.8 Å². The number of unbranched alkanes of at least 4 members (excludes halogenated alkanes) is 1. The number of ether oxygens (including phenoxy) is 1. The maximum atomic E-state index is 12.9. The summed E-state index contributed by atoms with van der Waals surface area (Å²) in [6, 6.07) is 17.8. The average Bonchev–Trinajstić information content (AvgIpc) is 3.29. The lowest BCUT2D eigenvalue weighted by molar-refractivity contribution is 0.0627. The van der Waals surface area contributed by atoms with Gasteiger partial charge in [-0.05, 0) is 30.7 Å². The van der Waals surface area contributed by atoms with E-state index in [1.54, 1.807) is 11.3 Å². The van der Waals surface area contributed by atoms with E-state index in [9.17, 15) is 4.79 Å². The van der Waals surface area contributed by atoms with E-state index in [-0.39, 0.29) is 5.91 Å². The van der Waals surface area contributed by atoms with Crippen molar-refractivity contribution in [1.29, 1.82) is 0 Å². The summed E-state index contributed by atoms with van der Waals surface area (Å²) in [5, 5.41) is 3.20. The van der Waals surface area contributed by atoms with Crippen LogP contribution in [0.4, 0.5) is 0 Å². The molecule has 1 aliphatic rings. The molecule has 0 N–H and O–H groups in total. The minimum atomic E-state index is 0.0970. The third-order valence-electron chi connectivity index (χ3n) is 5.49. The van der Waals surface area contributed by atoms with Crippen LogP contribution in [0, 0.1) is 0 Å². The summed E-state index contributed by atoms with van der Waals surface area (Å²) in [7, 11) is 0. The second-order valence-electron chi connectivity index (χ2n) is 7.80. The van der Waals surface area contributed by atoms with Crippen LogP contribution >= 0.6 is 11.3 Å². The highest BCUT2D eigenvalue weighted by Crippen LogP contribution is 2.24. The molecule has 0 unspecified atom stereocenters. The van der Waals surface area contributed by atoms with Crippen molar-refractivity contribution < 1.29 is 9.53 Å². The number of benzene rings is 2. The number of carbonyl (C=O) groups excluding carboxylic acids is 1. The highest BCUT2D eigenvalue weighted by molar-refractivity contribution is 7.13. The molecule has 1 aromatic heterocycles. The molecular formula is C25H29N3O2S. The Kier molecular flexibility index (Phi) is 7.33. The molecule has 1 saturated heterocycles. The Hall–Kier alpha value is -2.70. The number of carbonyl (C=O) groups is 1. The molecular weight excluding hydrogens is 406 g/mol. The molecule has 2 aromatic carbocycles. The Labute approximate surface area is 188 Å². The van der Waals surface area contributed by atoms with Gasteiger partial charge in [0, 0.05) is 49.2 Å². The van der Waals surface area contributed by atoms with Crippen LogP contribution in [-0.4, -0.2) is 53.5 Å². The van der Waals surface area contributed by atoms with E-state index in [1.165, 1.54) is 0 Å². The highest BCUT2D eigenvalue weighted by atomic mass is 32.1. The zero-order valence-electron chi connectivity index (χ0n) is 18.0. The third kappa shape index (κ3) is 5.71. The number of rotatable bonds is 8. The van der Waals surface area contributed by atoms with Gasteiger partial charge in [0.15, 0.2) is 0 Å². The summed E-state index contributed by atoms with van der Waals surface area (Å²) >= 11 is 1.69. The first kappa shape index (κ1) is 21.5. The number of piperazine rings is 1. The lowest BCUT2D eigenvalue weighted by Gasteiger charge is -2.34. The van der Waals surface area contributed by atoms with E-state index in [1.807, 2.05) is 47.4 Å². The summed E-state index contributed by atoms with van der Waals surface area (Å²) < 4.78 is 5.69. The van der Waals surface area contributed by atoms with Crippen LogP contribution in [0.2, 0.25) is 0 Å². The fourth-order valence-corrected chi connectivity index (χ4v) is 4.46. The average molecular weight is 436 g/mol. The molecule has 0 aliphatic carbocycles. The lowest BCUT2D eigenvalue weighted by Crippen LogP contribution is -2.48. The van der Waals surface area contributed by atoms with Gasteiger partial charge >= 0.3 is 0 Å². The van der Waals surface area contributed by atoms with Crippen molar-refractivity contribution in [1.82, 2.24) is 14.8 Å². The summed E-state index contributed by atoms with van der Waals surface area (Å²) in [6.07, 6.45) is 2.15. The summed E-state index contributed by atoms with van der Waals surface area (Å²) in [6.45, 7) is 6.90. The standard InChI is InChI=1S/C25H29N3O2S/c1-2-3-17-30-23-11-9-21(10-12-23)25(29)28-15-13-27(14-16-28)18-22-19-31-24(26-22)20-7-5-4-6-8-20/h4-12,19H,2-3,13-18H2,1H3. The smallest absolute Gasteiger partial charge is 0.253 e. The quantitative estimate of drug-likeness (QED) is 0.470. The fraction of sp³-hybridized carbons (Fsp3) is 0.360. The first-order chi connectivity index (χ1) is 15.2. The van der Waals surface area contributed by atoms with Gasteiger partial charge in [-0.25, -0.2) is 4.98 Å². The summed E-state index contributed by atoms with van der Waals surface area (Å²) in [4.78, 5) is 22.0. The zero-order chi connectivity index (χ0) is 21.5. The minimum absolute atomic E-state index is 0.0970. The van der Waals surface area contributed by atoms with Crippen molar-refractivity contribution in [2.45, 2.75) is 26.3 Å². The molecule has 31 heavy (non-hydrogen) atoms. The molecule has 4 rings (SSSR count). The lowest BCUT2D eigenvalue weighted by atomic mass is 10.1. The van der Waals surface area contributed by atoms with Crippen LogP contribution in [-0.2, 0) is 6.54 Å². The molecule has 162 valence electrons. The molecule has 1 fully saturated rings. The molecule has 1 amide bonds. The first-order valence-electron chi connectivity index (χ1n) is 11.0. The van der Waals surface area contributed by atoms with Gasteiger partial charge in [0.2, 0.25) is 0 Å². The number of aromatic nitrogens is 1. The van der Waals surface area contributed by atoms with Crippen LogP contribution in [0.1, 0.15) is 35.8 Å². The molecule has 3 aromatic rings. The molecule has 0 saturated carbocycles. The topological polar surface area (TPSA) is 45.7 Å². The second-order valence-corrected chi connectivity index (χ2v) is 8.66. The minimum Gasteiger partial charge on any atom is -0.494 e. The van der Waals surface area contributed by atoms with E-state index in [0.29, 0.717) is 0 Å². The van der Waals surface area contributed by atoms with Gasteiger partial charge < -0.3 is 9.64 Å². The predicted molar refractivity (Wildman–Crippen MR) is 126 cm³/mol. The molecule has 6 heteroatoms. The van der Waals surface area contributed by atoms with Crippen LogP contribution in [0.5, 0.6) is 5.75 Å². The Bertz CT molecular complexity index is 964. The molecule has 0 bridgehead atoms. The number of nitrogens with zero attached hydrogens (tertiary/aromatic N) is 3. The first-order valence-corrected chi connectivity index (χ1v) is 11.8. The van der Waals surface area contributed by atoms with Crippen molar-refractivity contribution in [3.63, 3.8) is 0 Å². The monoisotopic (exact) mass is 435 g/mol. The Morgan fingerprint density at radius 1 is 1.03 bits per heavy atom. The third-order valence-corrected chi connectivity index (χ3v) is 6.43. The Balaban J connectivity index is 1.27. The maximum absolute atomic E-state index is 12.9. The van der Waals surface area contributed by atoms with Gasteiger partial charge in [-0.15, -0.1) is 11.3 Å². The molecule has 0 atom stereocenters. The van der Waals surface area contributed by atoms with Gasteiger partial charge in [-0.3, -0.25) is 9.69 Å². The SMILES string of the molecule is CCCCOc1ccc(C(=O)N2CCN(Cc3csc(-c4ccccc4)n3)CC2)cc1. The van der Waals surface area contributed by atoms with E-state index >= 15 is 0 Å². The van der Waals surface area contributed by atoms with Crippen LogP contribution in [0.25, 0.3) is 10.6 Å². The second kappa shape index (κ2) is 10.6. The molecule has 0 radical (unpaired) electrons. The molecule has 1 aliphatic heterocycles. The van der Waals surface area contributed by atoms with Crippen LogP contribution in [0.15, 0.2) is 60.0 Å². The Morgan fingerprint density at radius 3 is 2.48 bits per heavy atom.